The van der Waals surface area contributed by atoms with E-state index in [1.165, 1.54) is 18.2 Å². The first-order chi connectivity index (χ1) is 12.7. The lowest BCUT2D eigenvalue weighted by molar-refractivity contribution is -0.137. The molecule has 0 radical (unpaired) electrons. The van der Waals surface area contributed by atoms with Crippen molar-refractivity contribution < 1.29 is 18.0 Å². The van der Waals surface area contributed by atoms with E-state index in [4.69, 9.17) is 0 Å². The summed E-state index contributed by atoms with van der Waals surface area (Å²) in [5.74, 6) is -0.745. The molecule has 0 aliphatic carbocycles. The van der Waals surface area contributed by atoms with Crippen LogP contribution < -0.4 is 10.2 Å². The van der Waals surface area contributed by atoms with Crippen LogP contribution in [0.5, 0.6) is 0 Å². The van der Waals surface area contributed by atoms with E-state index in [0.717, 1.165) is 54.4 Å². The summed E-state index contributed by atoms with van der Waals surface area (Å²) in [6.07, 6.45) is -2.34. The van der Waals surface area contributed by atoms with Crippen LogP contribution in [0.1, 0.15) is 45.5 Å². The van der Waals surface area contributed by atoms with Crippen LogP contribution in [0.2, 0.25) is 0 Å². The molecule has 3 rings (SSSR count). The molecule has 1 fully saturated rings. The number of nitrogens with one attached hydrogen (secondary N) is 1. The summed E-state index contributed by atoms with van der Waals surface area (Å²) in [5.41, 5.74) is 3.21. The molecule has 27 heavy (non-hydrogen) atoms. The number of aryl methyl sites for hydroxylation is 2. The average molecular weight is 376 g/mol. The Morgan fingerprint density at radius 3 is 2.30 bits per heavy atom. The van der Waals surface area contributed by atoms with Crippen LogP contribution in [0.3, 0.4) is 0 Å². The highest BCUT2D eigenvalue weighted by Gasteiger charge is 2.35. The van der Waals surface area contributed by atoms with Crippen molar-refractivity contribution in [2.24, 2.45) is 0 Å². The van der Waals surface area contributed by atoms with Crippen LogP contribution in [0.25, 0.3) is 0 Å². The van der Waals surface area contributed by atoms with Crippen LogP contribution in [-0.4, -0.2) is 19.0 Å². The molecule has 1 saturated heterocycles. The van der Waals surface area contributed by atoms with Crippen molar-refractivity contribution in [3.63, 3.8) is 0 Å². The van der Waals surface area contributed by atoms with E-state index in [1.54, 1.807) is 0 Å². The summed E-state index contributed by atoms with van der Waals surface area (Å²) in [6.45, 7) is 7.71. The highest BCUT2D eigenvalue weighted by atomic mass is 19.4. The van der Waals surface area contributed by atoms with Gasteiger partial charge in [0.2, 0.25) is 0 Å². The van der Waals surface area contributed by atoms with Crippen molar-refractivity contribution in [1.29, 1.82) is 0 Å². The Bertz CT molecular complexity index is 868. The molecule has 0 unspecified atom stereocenters. The third-order valence-corrected chi connectivity index (χ3v) is 5.07. The van der Waals surface area contributed by atoms with Gasteiger partial charge in [-0.15, -0.1) is 0 Å². The van der Waals surface area contributed by atoms with Crippen LogP contribution in [-0.2, 0) is 6.18 Å². The zero-order valence-corrected chi connectivity index (χ0v) is 15.7. The molecule has 2 aromatic rings. The monoisotopic (exact) mass is 376 g/mol. The largest absolute Gasteiger partial charge is 0.417 e. The van der Waals surface area contributed by atoms with Gasteiger partial charge in [0.15, 0.2) is 0 Å². The van der Waals surface area contributed by atoms with E-state index in [0.29, 0.717) is 5.69 Å². The van der Waals surface area contributed by atoms with Crippen LogP contribution in [0.4, 0.5) is 24.5 Å². The lowest BCUT2D eigenvalue weighted by Gasteiger charge is -2.26. The number of alkyl halides is 3. The van der Waals surface area contributed by atoms with Crippen molar-refractivity contribution in [3.8, 4) is 0 Å². The second-order valence-corrected chi connectivity index (χ2v) is 7.05. The third kappa shape index (κ3) is 3.80. The van der Waals surface area contributed by atoms with Crippen molar-refractivity contribution in [2.45, 2.75) is 39.8 Å². The number of anilines is 2. The molecular formula is C21H23F3N2O. The van der Waals surface area contributed by atoms with Crippen LogP contribution in [0, 0.1) is 20.8 Å². The highest BCUT2D eigenvalue weighted by Crippen LogP contribution is 2.36. The lowest BCUT2D eigenvalue weighted by Crippen LogP contribution is -2.23. The predicted octanol–water partition coefficient (Wildman–Crippen LogP) is 5.48. The fraction of sp³-hybridized carbons (Fsp3) is 0.381. The highest BCUT2D eigenvalue weighted by molar-refractivity contribution is 6.06. The molecule has 0 spiro atoms. The maximum Gasteiger partial charge on any atom is 0.417 e. The minimum absolute atomic E-state index is 0.368. The van der Waals surface area contributed by atoms with Gasteiger partial charge in [0.25, 0.3) is 5.91 Å². The van der Waals surface area contributed by atoms with Gasteiger partial charge in [-0.3, -0.25) is 4.79 Å². The summed E-state index contributed by atoms with van der Waals surface area (Å²) >= 11 is 0. The number of hydrogen-bond donors (Lipinski definition) is 1. The number of rotatable bonds is 3. The zero-order chi connectivity index (χ0) is 19.8. The van der Waals surface area contributed by atoms with Gasteiger partial charge in [-0.25, -0.2) is 0 Å². The van der Waals surface area contributed by atoms with Crippen molar-refractivity contribution in [3.05, 3.63) is 58.1 Å². The van der Waals surface area contributed by atoms with Gasteiger partial charge >= 0.3 is 6.18 Å². The fourth-order valence-electron chi connectivity index (χ4n) is 3.90. The Morgan fingerprint density at radius 2 is 1.67 bits per heavy atom. The van der Waals surface area contributed by atoms with E-state index >= 15 is 0 Å². The molecular weight excluding hydrogens is 353 g/mol. The van der Waals surface area contributed by atoms with Gasteiger partial charge < -0.3 is 10.2 Å². The standard InChI is InChI=1S/C21H23F3N2O/c1-13-12-14(2)19(26-10-6-7-11-26)15(3)18(13)25-20(27)16-8-4-5-9-17(16)21(22,23)24/h4-5,8-9,12H,6-7,10-11H2,1-3H3,(H,25,27). The van der Waals surface area contributed by atoms with Crippen molar-refractivity contribution in [2.75, 3.05) is 23.3 Å². The van der Waals surface area contributed by atoms with Gasteiger partial charge in [0, 0.05) is 24.5 Å². The SMILES string of the molecule is Cc1cc(C)c(N2CCCC2)c(C)c1NC(=O)c1ccccc1C(F)(F)F. The minimum atomic E-state index is -4.58. The summed E-state index contributed by atoms with van der Waals surface area (Å²) < 4.78 is 39.7. The number of nitrogens with zero attached hydrogens (tertiary/aromatic N) is 1. The molecule has 2 aromatic carbocycles. The Morgan fingerprint density at radius 1 is 1.04 bits per heavy atom. The maximum absolute atomic E-state index is 13.2. The third-order valence-electron chi connectivity index (χ3n) is 5.07. The van der Waals surface area contributed by atoms with E-state index < -0.39 is 17.6 Å². The first kappa shape index (κ1) is 19.3. The quantitative estimate of drug-likeness (QED) is 0.769. The molecule has 144 valence electrons. The van der Waals surface area contributed by atoms with Gasteiger partial charge in [0.05, 0.1) is 11.1 Å². The molecule has 0 saturated carbocycles. The van der Waals surface area contributed by atoms with E-state index in [9.17, 15) is 18.0 Å². The zero-order valence-electron chi connectivity index (χ0n) is 15.7. The number of amides is 1. The van der Waals surface area contributed by atoms with Crippen LogP contribution >= 0.6 is 0 Å². The summed E-state index contributed by atoms with van der Waals surface area (Å²) in [5, 5.41) is 2.73. The Hall–Kier alpha value is -2.50. The predicted molar refractivity (Wildman–Crippen MR) is 101 cm³/mol. The maximum atomic E-state index is 13.2. The second-order valence-electron chi connectivity index (χ2n) is 7.05. The molecule has 0 bridgehead atoms. The molecule has 1 N–H and O–H groups in total. The molecule has 1 aliphatic rings. The molecule has 1 aliphatic heterocycles. The average Bonchev–Trinajstić information content (AvgIpc) is 3.11. The first-order valence-electron chi connectivity index (χ1n) is 9.03. The molecule has 6 heteroatoms. The molecule has 0 atom stereocenters. The Balaban J connectivity index is 1.99. The van der Waals surface area contributed by atoms with Gasteiger partial charge in [-0.05, 0) is 62.4 Å². The van der Waals surface area contributed by atoms with Gasteiger partial charge in [-0.1, -0.05) is 18.2 Å². The summed E-state index contributed by atoms with van der Waals surface area (Å²) in [6, 6.07) is 6.84. The van der Waals surface area contributed by atoms with Crippen molar-refractivity contribution in [1.82, 2.24) is 0 Å². The van der Waals surface area contributed by atoms with E-state index in [1.807, 2.05) is 26.8 Å². The van der Waals surface area contributed by atoms with Crippen molar-refractivity contribution >= 4 is 17.3 Å². The molecule has 1 heterocycles. The smallest absolute Gasteiger partial charge is 0.371 e. The topological polar surface area (TPSA) is 32.3 Å². The summed E-state index contributed by atoms with van der Waals surface area (Å²) in [4.78, 5) is 15.0. The van der Waals surface area contributed by atoms with Gasteiger partial charge in [-0.2, -0.15) is 13.2 Å². The molecule has 1 amide bonds. The number of benzene rings is 2. The number of carbonyl (C=O) groups is 1. The Labute approximate surface area is 157 Å². The van der Waals surface area contributed by atoms with Crippen LogP contribution in [0.15, 0.2) is 30.3 Å². The number of halogens is 3. The Kier molecular flexibility index (Phi) is 5.18. The van der Waals surface area contributed by atoms with E-state index in [2.05, 4.69) is 10.2 Å². The fourth-order valence-corrected chi connectivity index (χ4v) is 3.90. The number of hydrogen-bond acceptors (Lipinski definition) is 2. The second kappa shape index (κ2) is 7.25. The lowest BCUT2D eigenvalue weighted by atomic mass is 10.00. The first-order valence-corrected chi connectivity index (χ1v) is 9.03. The van der Waals surface area contributed by atoms with E-state index in [-0.39, 0.29) is 5.56 Å². The summed E-state index contributed by atoms with van der Waals surface area (Å²) in [7, 11) is 0. The molecule has 3 nitrogen and oxygen atoms in total. The molecule has 0 aromatic heterocycles. The normalized spacial score (nSPS) is 14.5. The van der Waals surface area contributed by atoms with Gasteiger partial charge in [0.1, 0.15) is 0 Å². The number of carbonyl (C=O) groups excluding carboxylic acids is 1. The minimum Gasteiger partial charge on any atom is -0.371 e.